The van der Waals surface area contributed by atoms with Gasteiger partial charge in [0.15, 0.2) is 0 Å². The number of hydrogen-bond acceptors (Lipinski definition) is 7. The van der Waals surface area contributed by atoms with Gasteiger partial charge in [-0.2, -0.15) is 0 Å². The van der Waals surface area contributed by atoms with Crippen molar-refractivity contribution in [3.05, 3.63) is 50.9 Å². The van der Waals surface area contributed by atoms with Crippen LogP contribution in [-0.2, 0) is 4.79 Å². The van der Waals surface area contributed by atoms with Crippen LogP contribution < -0.4 is 10.2 Å². The molecule has 1 unspecified atom stereocenters. The van der Waals surface area contributed by atoms with Crippen molar-refractivity contribution < 1.29 is 4.79 Å². The maximum Gasteiger partial charge on any atom is 0.222 e. The molecule has 10 heteroatoms. The number of benzene rings is 1. The molecule has 1 atom stereocenters. The van der Waals surface area contributed by atoms with Gasteiger partial charge in [0.25, 0.3) is 0 Å². The quantitative estimate of drug-likeness (QED) is 0.278. The molecule has 0 aliphatic carbocycles. The molecule has 1 aromatic heterocycles. The molecule has 1 fully saturated rings. The Morgan fingerprint density at radius 2 is 1.86 bits per heavy atom. The zero-order valence-electron chi connectivity index (χ0n) is 22.0. The van der Waals surface area contributed by atoms with E-state index in [0.717, 1.165) is 71.4 Å². The van der Waals surface area contributed by atoms with Crippen LogP contribution >= 0.6 is 22.9 Å². The van der Waals surface area contributed by atoms with Crippen LogP contribution in [0, 0.1) is 24.7 Å². The van der Waals surface area contributed by atoms with Gasteiger partial charge in [0, 0.05) is 53.8 Å². The third-order valence-corrected chi connectivity index (χ3v) is 8.49. The van der Waals surface area contributed by atoms with Gasteiger partial charge in [0.05, 0.1) is 12.1 Å². The number of rotatable bonds is 7. The van der Waals surface area contributed by atoms with E-state index in [0.29, 0.717) is 11.6 Å². The predicted molar refractivity (Wildman–Crippen MR) is 154 cm³/mol. The van der Waals surface area contributed by atoms with E-state index in [1.165, 1.54) is 0 Å². The third kappa shape index (κ3) is 6.29. The highest BCUT2D eigenvalue weighted by molar-refractivity contribution is 7.17. The van der Waals surface area contributed by atoms with Crippen LogP contribution in [0.2, 0.25) is 5.02 Å². The second-order valence-electron chi connectivity index (χ2n) is 9.82. The van der Waals surface area contributed by atoms with Crippen LogP contribution in [-0.4, -0.2) is 85.4 Å². The van der Waals surface area contributed by atoms with Crippen molar-refractivity contribution in [2.75, 3.05) is 51.2 Å². The lowest BCUT2D eigenvalue weighted by Crippen LogP contribution is -2.45. The summed E-state index contributed by atoms with van der Waals surface area (Å²) in [6, 6.07) is 6.78. The van der Waals surface area contributed by atoms with Crippen molar-refractivity contribution in [3.8, 4) is 0 Å². The van der Waals surface area contributed by atoms with Gasteiger partial charge in [-0.3, -0.25) is 25.5 Å². The smallest absolute Gasteiger partial charge is 0.222 e. The fourth-order valence-electron chi connectivity index (χ4n) is 4.74. The molecule has 1 saturated heterocycles. The second-order valence-corrected chi connectivity index (χ2v) is 11.5. The number of fused-ring (bicyclic) bond motifs is 1. The van der Waals surface area contributed by atoms with E-state index in [4.69, 9.17) is 27.4 Å². The Hall–Kier alpha value is -2.59. The minimum atomic E-state index is -0.706. The van der Waals surface area contributed by atoms with Crippen LogP contribution in [0.1, 0.15) is 41.3 Å². The molecule has 3 heterocycles. The number of anilines is 1. The Morgan fingerprint density at radius 1 is 1.19 bits per heavy atom. The first kappa shape index (κ1) is 27.4. The first-order chi connectivity index (χ1) is 17.7. The maximum atomic E-state index is 13.0. The minimum Gasteiger partial charge on any atom is -0.356 e. The predicted octanol–water partition coefficient (Wildman–Crippen LogP) is 4.16. The molecule has 3 N–H and O–H groups in total. The Morgan fingerprint density at radius 3 is 2.51 bits per heavy atom. The number of hydrogen-bond donors (Lipinski definition) is 3. The number of amides is 1. The van der Waals surface area contributed by atoms with Crippen LogP contribution in [0.3, 0.4) is 0 Å². The number of piperazine rings is 1. The van der Waals surface area contributed by atoms with Gasteiger partial charge in [0.1, 0.15) is 22.7 Å². The van der Waals surface area contributed by atoms with E-state index in [9.17, 15) is 4.79 Å². The van der Waals surface area contributed by atoms with E-state index in [1.807, 2.05) is 38.1 Å². The van der Waals surface area contributed by atoms with E-state index in [-0.39, 0.29) is 24.0 Å². The number of aryl methyl sites for hydroxylation is 1. The molecule has 0 bridgehead atoms. The van der Waals surface area contributed by atoms with E-state index >= 15 is 0 Å². The molecule has 0 saturated carbocycles. The van der Waals surface area contributed by atoms with Crippen molar-refractivity contribution in [1.82, 2.24) is 15.1 Å². The first-order valence-corrected chi connectivity index (χ1v) is 13.9. The van der Waals surface area contributed by atoms with Crippen molar-refractivity contribution in [3.63, 3.8) is 0 Å². The molecule has 4 rings (SSSR count). The lowest BCUT2D eigenvalue weighted by atomic mass is 9.99. The topological polar surface area (TPSA) is 98.9 Å². The summed E-state index contributed by atoms with van der Waals surface area (Å²) in [7, 11) is 2.15. The number of nitrogens with one attached hydrogen (secondary N) is 3. The summed E-state index contributed by atoms with van der Waals surface area (Å²) in [4.78, 5) is 25.5. The Bertz CT molecular complexity index is 1200. The molecule has 2 aliphatic rings. The maximum absolute atomic E-state index is 13.0. The normalized spacial score (nSPS) is 18.8. The Balaban J connectivity index is 1.54. The Labute approximate surface area is 228 Å². The molecule has 2 aromatic rings. The molecular weight excluding hydrogens is 506 g/mol. The number of aliphatic imine (C=N–C) groups is 1. The van der Waals surface area contributed by atoms with Gasteiger partial charge >= 0.3 is 0 Å². The lowest BCUT2D eigenvalue weighted by molar-refractivity contribution is -0.121. The summed E-state index contributed by atoms with van der Waals surface area (Å²) in [6.45, 7) is 11.6. The van der Waals surface area contributed by atoms with Crippen molar-refractivity contribution in [2.45, 2.75) is 39.7 Å². The van der Waals surface area contributed by atoms with Crippen molar-refractivity contribution in [1.29, 1.82) is 10.8 Å². The fraction of sp³-hybridized carbons (Fsp3) is 0.481. The zero-order valence-corrected chi connectivity index (χ0v) is 23.6. The summed E-state index contributed by atoms with van der Waals surface area (Å²) >= 11 is 7.71. The molecule has 1 amide bonds. The number of carbonyl (C=O) groups is 1. The molecule has 2 aliphatic heterocycles. The van der Waals surface area contributed by atoms with Crippen LogP contribution in [0.4, 0.5) is 5.00 Å². The number of thiophene rings is 1. The summed E-state index contributed by atoms with van der Waals surface area (Å²) in [5, 5.41) is 21.9. The van der Waals surface area contributed by atoms with Crippen LogP contribution in [0.25, 0.3) is 0 Å². The Kier molecular flexibility index (Phi) is 8.79. The van der Waals surface area contributed by atoms with Gasteiger partial charge in [-0.1, -0.05) is 23.7 Å². The van der Waals surface area contributed by atoms with Crippen LogP contribution in [0.15, 0.2) is 29.3 Å². The molecule has 0 radical (unpaired) electrons. The van der Waals surface area contributed by atoms with Crippen molar-refractivity contribution in [2.24, 2.45) is 4.99 Å². The fourth-order valence-corrected chi connectivity index (χ4v) is 6.09. The van der Waals surface area contributed by atoms with Crippen molar-refractivity contribution >= 4 is 51.2 Å². The summed E-state index contributed by atoms with van der Waals surface area (Å²) in [5.41, 5.74) is 3.59. The highest BCUT2D eigenvalue weighted by Crippen LogP contribution is 2.40. The van der Waals surface area contributed by atoms with Gasteiger partial charge < -0.3 is 15.1 Å². The summed E-state index contributed by atoms with van der Waals surface area (Å²) in [6.07, 6.45) is 0.944. The molecule has 37 heavy (non-hydrogen) atoms. The third-order valence-electron chi connectivity index (χ3n) is 7.05. The summed E-state index contributed by atoms with van der Waals surface area (Å²) < 4.78 is 0. The van der Waals surface area contributed by atoms with Gasteiger partial charge in [-0.15, -0.1) is 11.3 Å². The van der Waals surface area contributed by atoms with Gasteiger partial charge in [-0.05, 0) is 58.5 Å². The minimum absolute atomic E-state index is 0.0567. The molecule has 8 nitrogen and oxygen atoms in total. The second kappa shape index (κ2) is 11.9. The molecule has 1 aromatic carbocycles. The molecular formula is C27H36ClN7OS. The highest BCUT2D eigenvalue weighted by Gasteiger charge is 2.34. The monoisotopic (exact) mass is 541 g/mol. The number of amidine groups is 2. The average Bonchev–Trinajstić information content (AvgIpc) is 3.07. The average molecular weight is 542 g/mol. The summed E-state index contributed by atoms with van der Waals surface area (Å²) in [5.74, 6) is 0.247. The SMILES string of the molecule is CC(=N)N1C(=N)C(CC(=O)NCCCN2CCN(C)CC2)N=C(c2ccc(Cl)cc2)c2c1sc(C)c2C. The number of halogens is 1. The standard InChI is InChI=1S/C27H36ClN7OS/c1-17-18(2)37-27-24(17)25(20-6-8-21(28)9-7-20)32-22(26(30)35(27)19(3)29)16-23(36)31-10-5-11-34-14-12-33(4)13-15-34/h6-9,22,29-30H,5,10-16H2,1-4H3,(H,31,36). The molecule has 198 valence electrons. The lowest BCUT2D eigenvalue weighted by Gasteiger charge is -2.32. The van der Waals surface area contributed by atoms with Crippen LogP contribution in [0.5, 0.6) is 0 Å². The van der Waals surface area contributed by atoms with E-state index in [1.54, 1.807) is 23.2 Å². The van der Waals surface area contributed by atoms with E-state index in [2.05, 4.69) is 22.2 Å². The number of nitrogens with zero attached hydrogens (tertiary/aromatic N) is 4. The van der Waals surface area contributed by atoms with E-state index < -0.39 is 6.04 Å². The number of carbonyl (C=O) groups excluding carboxylic acids is 1. The molecule has 0 spiro atoms. The largest absolute Gasteiger partial charge is 0.356 e. The number of likely N-dealkylation sites (N-methyl/N-ethyl adjacent to an activating group) is 1. The zero-order chi connectivity index (χ0) is 26.7. The first-order valence-electron chi connectivity index (χ1n) is 12.7. The van der Waals surface area contributed by atoms with Gasteiger partial charge in [0.2, 0.25) is 5.91 Å². The highest BCUT2D eigenvalue weighted by atomic mass is 35.5. The van der Waals surface area contributed by atoms with Gasteiger partial charge in [-0.25, -0.2) is 0 Å².